The number of benzene rings is 4. The van der Waals surface area contributed by atoms with Crippen molar-refractivity contribution in [3.05, 3.63) is 144 Å². The van der Waals surface area contributed by atoms with Gasteiger partial charge in [0.2, 0.25) is 0 Å². The summed E-state index contributed by atoms with van der Waals surface area (Å²) in [4.78, 5) is 0. The monoisotopic (exact) mass is 753 g/mol. The lowest BCUT2D eigenvalue weighted by Gasteiger charge is -2.56. The number of rotatable bonds is 18. The van der Waals surface area contributed by atoms with Gasteiger partial charge in [0.15, 0.2) is 0 Å². The first-order valence-corrected chi connectivity index (χ1v) is 21.1. The van der Waals surface area contributed by atoms with Crippen molar-refractivity contribution in [2.45, 2.75) is 108 Å². The molecule has 1 heterocycles. The zero-order valence-corrected chi connectivity index (χ0v) is 32.8. The minimum Gasteiger partial charge on any atom is -0.381 e. The summed E-state index contributed by atoms with van der Waals surface area (Å²) in [6.07, 6.45) is 9.07. The molecule has 0 amide bonds. The highest BCUT2D eigenvalue weighted by molar-refractivity contribution is 5.20. The summed E-state index contributed by atoms with van der Waals surface area (Å²) in [6, 6.07) is 40.8. The van der Waals surface area contributed by atoms with Crippen LogP contribution in [-0.2, 0) is 50.1 Å². The Morgan fingerprint density at radius 1 is 0.536 bits per heavy atom. The van der Waals surface area contributed by atoms with E-state index in [1.54, 1.807) is 0 Å². The van der Waals surface area contributed by atoms with Gasteiger partial charge in [-0.25, -0.2) is 0 Å². The zero-order valence-electron chi connectivity index (χ0n) is 32.8. The summed E-state index contributed by atoms with van der Waals surface area (Å²) in [5, 5.41) is 3.86. The molecule has 4 aromatic carbocycles. The third-order valence-electron chi connectivity index (χ3n) is 12.5. The number of hydrogen-bond donors (Lipinski definition) is 1. The van der Waals surface area contributed by atoms with Crippen LogP contribution in [0.5, 0.6) is 0 Å². The van der Waals surface area contributed by atoms with Gasteiger partial charge in [-0.1, -0.05) is 127 Å². The summed E-state index contributed by atoms with van der Waals surface area (Å²) in [6.45, 7) is 3.94. The molecular weight excluding hydrogens is 695 g/mol. The molecule has 1 N–H and O–H groups in total. The minimum atomic E-state index is -0.419. The normalized spacial score (nSPS) is 29.1. The Labute approximate surface area is 334 Å². The van der Waals surface area contributed by atoms with Crippen molar-refractivity contribution in [2.24, 2.45) is 23.2 Å². The van der Waals surface area contributed by atoms with E-state index in [2.05, 4.69) is 90.0 Å². The largest absolute Gasteiger partial charge is 0.381 e. The van der Waals surface area contributed by atoms with Crippen molar-refractivity contribution in [2.75, 3.05) is 19.8 Å². The molecule has 5 atom stereocenters. The third-order valence-corrected chi connectivity index (χ3v) is 12.5. The molecule has 5 fully saturated rings. The van der Waals surface area contributed by atoms with Crippen molar-refractivity contribution >= 4 is 0 Å². The van der Waals surface area contributed by atoms with Crippen LogP contribution < -0.4 is 5.32 Å². The standard InChI is InChI=1S/C50H59NO5/c1-6-16-38(17-7-1)32-53-36-46-48(55-34-40-20-10-3-11-21-40)49(56-35-41-22-12-4-13-23-41)47(54-33-39-18-8-2-9-19-39)45(51-46)24-14-5-15-25-52-37-50-29-42-26-43(30-50)28-44(27-42)31-50/h1-4,6-13,16-23,42-49,51H,5,15,25-37H2/t42?,43?,44?,45-,46+,47-,48+,49+,50?/m0/s1. The van der Waals surface area contributed by atoms with Crippen LogP contribution in [0.2, 0.25) is 0 Å². The molecule has 6 heteroatoms. The van der Waals surface area contributed by atoms with E-state index in [0.29, 0.717) is 38.4 Å². The van der Waals surface area contributed by atoms with Gasteiger partial charge in [-0.2, -0.15) is 0 Å². The van der Waals surface area contributed by atoms with Crippen molar-refractivity contribution in [3.8, 4) is 11.8 Å². The highest BCUT2D eigenvalue weighted by Gasteiger charge is 2.51. The average molecular weight is 754 g/mol. The Kier molecular flexibility index (Phi) is 13.6. The van der Waals surface area contributed by atoms with Crippen LogP contribution in [0.4, 0.5) is 0 Å². The summed E-state index contributed by atoms with van der Waals surface area (Å²) >= 11 is 0. The van der Waals surface area contributed by atoms with Gasteiger partial charge in [-0.05, 0) is 90.4 Å². The molecule has 4 bridgehead atoms. The number of nitrogens with one attached hydrogen (secondary N) is 1. The molecule has 4 aromatic rings. The molecule has 5 aliphatic rings. The van der Waals surface area contributed by atoms with Gasteiger partial charge >= 0.3 is 0 Å². The Balaban J connectivity index is 0.992. The first-order chi connectivity index (χ1) is 27.7. The number of ether oxygens (including phenoxy) is 5. The molecular formula is C50H59NO5. The Bertz CT molecular complexity index is 1770. The van der Waals surface area contributed by atoms with Crippen LogP contribution in [0.1, 0.15) is 73.6 Å². The van der Waals surface area contributed by atoms with Crippen molar-refractivity contribution in [1.29, 1.82) is 0 Å². The smallest absolute Gasteiger partial charge is 0.114 e. The van der Waals surface area contributed by atoms with Crippen molar-refractivity contribution < 1.29 is 23.7 Å². The predicted octanol–water partition coefficient (Wildman–Crippen LogP) is 9.32. The summed E-state index contributed by atoms with van der Waals surface area (Å²) in [5.74, 6) is 10.0. The fraction of sp³-hybridized carbons (Fsp3) is 0.480. The molecule has 0 radical (unpaired) electrons. The van der Waals surface area contributed by atoms with E-state index in [0.717, 1.165) is 66.1 Å². The maximum atomic E-state index is 6.92. The number of hydrogen-bond acceptors (Lipinski definition) is 6. The van der Waals surface area contributed by atoms with Crippen LogP contribution in [0.15, 0.2) is 121 Å². The van der Waals surface area contributed by atoms with Gasteiger partial charge in [0.25, 0.3) is 0 Å². The molecule has 4 aliphatic carbocycles. The maximum Gasteiger partial charge on any atom is 0.114 e. The van der Waals surface area contributed by atoms with Crippen LogP contribution >= 0.6 is 0 Å². The molecule has 6 nitrogen and oxygen atoms in total. The van der Waals surface area contributed by atoms with Gasteiger partial charge in [-0.3, -0.25) is 5.32 Å². The van der Waals surface area contributed by atoms with Crippen LogP contribution in [0.3, 0.4) is 0 Å². The van der Waals surface area contributed by atoms with E-state index in [9.17, 15) is 0 Å². The maximum absolute atomic E-state index is 6.92. The molecule has 1 aliphatic heterocycles. The highest BCUT2D eigenvalue weighted by atomic mass is 16.6. The SMILES string of the molecule is C(#C[C@@H]1N[C@H](COCc2ccccc2)[C@@H](OCc2ccccc2)[C@H](OCc2ccccc2)[C@H]1OCc1ccccc1)CCCOCC12CC3CC(CC(C3)C1)C2. The van der Waals surface area contributed by atoms with E-state index in [4.69, 9.17) is 23.7 Å². The van der Waals surface area contributed by atoms with Crippen LogP contribution in [-0.4, -0.2) is 50.2 Å². The lowest BCUT2D eigenvalue weighted by atomic mass is 9.50. The van der Waals surface area contributed by atoms with Gasteiger partial charge in [0, 0.05) is 13.0 Å². The third kappa shape index (κ3) is 10.6. The van der Waals surface area contributed by atoms with Gasteiger partial charge in [0.1, 0.15) is 18.3 Å². The molecule has 56 heavy (non-hydrogen) atoms. The second kappa shape index (κ2) is 19.6. The quantitative estimate of drug-likeness (QED) is 0.0808. The van der Waals surface area contributed by atoms with Gasteiger partial charge in [0.05, 0.1) is 51.7 Å². The zero-order chi connectivity index (χ0) is 37.8. The Hall–Kier alpha value is -3.80. The molecule has 4 saturated carbocycles. The molecule has 294 valence electrons. The van der Waals surface area contributed by atoms with E-state index in [-0.39, 0.29) is 18.2 Å². The molecule has 9 rings (SSSR count). The number of unbranched alkanes of at least 4 members (excludes halogenated alkanes) is 1. The highest BCUT2D eigenvalue weighted by Crippen LogP contribution is 2.60. The van der Waals surface area contributed by atoms with E-state index in [1.807, 2.05) is 48.5 Å². The minimum absolute atomic E-state index is 0.192. The fourth-order valence-electron chi connectivity index (χ4n) is 10.3. The topological polar surface area (TPSA) is 58.2 Å². The van der Waals surface area contributed by atoms with Crippen LogP contribution in [0.25, 0.3) is 0 Å². The predicted molar refractivity (Wildman–Crippen MR) is 220 cm³/mol. The molecule has 1 saturated heterocycles. The van der Waals surface area contributed by atoms with Crippen molar-refractivity contribution in [3.63, 3.8) is 0 Å². The van der Waals surface area contributed by atoms with Crippen molar-refractivity contribution in [1.82, 2.24) is 5.32 Å². The number of piperidine rings is 1. The first kappa shape index (κ1) is 39.0. The Morgan fingerprint density at radius 3 is 1.52 bits per heavy atom. The second-order valence-electron chi connectivity index (χ2n) is 16.9. The first-order valence-electron chi connectivity index (χ1n) is 21.1. The molecule has 0 unspecified atom stereocenters. The lowest BCUT2D eigenvalue weighted by Crippen LogP contribution is -2.67. The average Bonchev–Trinajstić information content (AvgIpc) is 3.22. The van der Waals surface area contributed by atoms with E-state index in [1.165, 1.54) is 38.5 Å². The molecule has 0 aromatic heterocycles. The second-order valence-corrected chi connectivity index (χ2v) is 16.9. The molecule has 0 spiro atoms. The van der Waals surface area contributed by atoms with Gasteiger partial charge < -0.3 is 23.7 Å². The van der Waals surface area contributed by atoms with E-state index >= 15 is 0 Å². The van der Waals surface area contributed by atoms with E-state index < -0.39 is 12.2 Å². The summed E-state index contributed by atoms with van der Waals surface area (Å²) < 4.78 is 33.5. The lowest BCUT2D eigenvalue weighted by molar-refractivity contribution is -0.188. The van der Waals surface area contributed by atoms with Gasteiger partial charge in [-0.15, -0.1) is 5.92 Å². The van der Waals surface area contributed by atoms with Crippen LogP contribution in [0, 0.1) is 35.0 Å². The Morgan fingerprint density at radius 2 is 1.00 bits per heavy atom. The summed E-state index contributed by atoms with van der Waals surface area (Å²) in [7, 11) is 0. The summed E-state index contributed by atoms with van der Waals surface area (Å²) in [5.41, 5.74) is 4.89. The fourth-order valence-corrected chi connectivity index (χ4v) is 10.3.